The molecule has 4 aromatic carbocycles. The number of carbonyl (C=O) groups is 1. The van der Waals surface area contributed by atoms with Crippen molar-refractivity contribution in [2.45, 2.75) is 12.1 Å². The largest absolute Gasteiger partial charge is 0.478 e. The topological polar surface area (TPSA) is 122 Å². The van der Waals surface area contributed by atoms with Crippen molar-refractivity contribution in [1.82, 2.24) is 0 Å². The van der Waals surface area contributed by atoms with Crippen LogP contribution < -0.4 is 14.8 Å². The van der Waals surface area contributed by atoms with Crippen LogP contribution in [0.3, 0.4) is 0 Å². The molecule has 0 saturated carbocycles. The highest BCUT2D eigenvalue weighted by Gasteiger charge is 2.14. The minimum atomic E-state index is -0.879. The highest BCUT2D eigenvalue weighted by atomic mass is 31.1. The van der Waals surface area contributed by atoms with E-state index in [2.05, 4.69) is 0 Å². The summed E-state index contributed by atoms with van der Waals surface area (Å²) >= 11 is 0. The number of carboxylic acid groups (broad SMARTS) is 1. The normalized spacial score (nSPS) is 11.4. The van der Waals surface area contributed by atoms with Crippen molar-refractivity contribution < 1.29 is 29.2 Å². The van der Waals surface area contributed by atoms with Crippen LogP contribution >= 0.6 is 9.03 Å². The second kappa shape index (κ2) is 16.8. The van der Waals surface area contributed by atoms with Gasteiger partial charge in [0.25, 0.3) is 9.03 Å². The third kappa shape index (κ3) is 11.1. The zero-order valence-electron chi connectivity index (χ0n) is 19.6. The van der Waals surface area contributed by atoms with E-state index in [1.165, 1.54) is 0 Å². The number of aliphatic hydroxyl groups is 2. The van der Waals surface area contributed by atoms with Crippen LogP contribution in [0.15, 0.2) is 121 Å². The van der Waals surface area contributed by atoms with Crippen LogP contribution in [0.4, 0.5) is 0 Å². The molecule has 0 fully saturated rings. The van der Waals surface area contributed by atoms with Gasteiger partial charge in [0.05, 0.1) is 24.3 Å². The molecule has 2 atom stereocenters. The zero-order chi connectivity index (χ0) is 26.0. The van der Waals surface area contributed by atoms with Gasteiger partial charge in [0.1, 0.15) is 11.5 Å². The molecule has 8 heteroatoms. The average Bonchev–Trinajstić information content (AvgIpc) is 2.95. The fourth-order valence-electron chi connectivity index (χ4n) is 2.67. The Balaban J connectivity index is 0.000000197. The lowest BCUT2D eigenvalue weighted by atomic mass is 10.0. The number of carboxylic acids is 1. The van der Waals surface area contributed by atoms with E-state index in [9.17, 15) is 9.90 Å². The molecule has 36 heavy (non-hydrogen) atoms. The lowest BCUT2D eigenvalue weighted by molar-refractivity contribution is 0.0697. The maximum absolute atomic E-state index is 10.2. The standard InChI is InChI=1S/C12H11O2P.C9H13NO2.C7H6O2/c1-3-7-11(8-4-1)13-15-14-12-9-5-2-6-10-12;10-8(6-11)9(12)7-4-2-1-3-5-7;8-7(9)6-4-2-1-3-5-6/h1-10,15H;1-5,8-9,11-12H,6,10H2;1-5H,(H,8,9). The van der Waals surface area contributed by atoms with Gasteiger partial charge in [-0.05, 0) is 42.0 Å². The van der Waals surface area contributed by atoms with E-state index in [1.807, 2.05) is 78.9 Å². The third-order valence-electron chi connectivity index (χ3n) is 4.58. The second-order valence-electron chi connectivity index (χ2n) is 7.29. The van der Waals surface area contributed by atoms with Crippen molar-refractivity contribution in [2.24, 2.45) is 5.73 Å². The number of rotatable bonds is 8. The second-order valence-corrected chi connectivity index (χ2v) is 7.86. The molecule has 0 radical (unpaired) electrons. The van der Waals surface area contributed by atoms with Crippen molar-refractivity contribution in [3.05, 3.63) is 132 Å². The smallest absolute Gasteiger partial charge is 0.335 e. The van der Waals surface area contributed by atoms with E-state index >= 15 is 0 Å². The van der Waals surface area contributed by atoms with Crippen molar-refractivity contribution in [2.75, 3.05) is 6.61 Å². The first-order valence-corrected chi connectivity index (χ1v) is 11.9. The van der Waals surface area contributed by atoms with E-state index < -0.39 is 18.1 Å². The van der Waals surface area contributed by atoms with Gasteiger partial charge in [-0.1, -0.05) is 84.9 Å². The molecule has 0 spiro atoms. The Morgan fingerprint density at radius 3 is 1.47 bits per heavy atom. The van der Waals surface area contributed by atoms with Gasteiger partial charge in [-0.15, -0.1) is 0 Å². The maximum Gasteiger partial charge on any atom is 0.335 e. The van der Waals surface area contributed by atoms with Gasteiger partial charge in [0.2, 0.25) is 0 Å². The first-order chi connectivity index (χ1) is 17.5. The molecule has 0 saturated heterocycles. The summed E-state index contributed by atoms with van der Waals surface area (Å²) in [6.07, 6.45) is -0.781. The summed E-state index contributed by atoms with van der Waals surface area (Å²) in [5.74, 6) is 0.772. The molecular weight excluding hydrogens is 477 g/mol. The number of aromatic carboxylic acids is 1. The molecule has 0 aliphatic carbocycles. The predicted molar refractivity (Wildman–Crippen MR) is 142 cm³/mol. The van der Waals surface area contributed by atoms with Crippen molar-refractivity contribution >= 4 is 15.0 Å². The van der Waals surface area contributed by atoms with E-state index in [0.717, 1.165) is 17.1 Å². The van der Waals surface area contributed by atoms with Crippen LogP contribution in [0.5, 0.6) is 11.5 Å². The Labute approximate surface area is 212 Å². The quantitative estimate of drug-likeness (QED) is 0.245. The molecular formula is C28H30NO6P. The molecule has 5 N–H and O–H groups in total. The zero-order valence-corrected chi connectivity index (χ0v) is 20.6. The molecule has 7 nitrogen and oxygen atoms in total. The number of benzene rings is 4. The van der Waals surface area contributed by atoms with Crippen LogP contribution in [-0.4, -0.2) is 33.9 Å². The van der Waals surface area contributed by atoms with Gasteiger partial charge in [0, 0.05) is 0 Å². The van der Waals surface area contributed by atoms with Gasteiger partial charge in [-0.25, -0.2) is 4.79 Å². The van der Waals surface area contributed by atoms with Crippen LogP contribution in [0, 0.1) is 0 Å². The predicted octanol–water partition coefficient (Wildman–Crippen LogP) is 5.08. The van der Waals surface area contributed by atoms with Gasteiger partial charge in [0.15, 0.2) is 0 Å². The number of aliphatic hydroxyl groups excluding tert-OH is 2. The van der Waals surface area contributed by atoms with E-state index in [0.29, 0.717) is 5.56 Å². The highest BCUT2D eigenvalue weighted by molar-refractivity contribution is 7.27. The van der Waals surface area contributed by atoms with Crippen LogP contribution in [-0.2, 0) is 0 Å². The SMILES string of the molecule is NC(CO)C(O)c1ccccc1.O=C(O)c1ccccc1.c1ccc(OPOc2ccccc2)cc1. The Morgan fingerprint density at radius 1 is 0.722 bits per heavy atom. The molecule has 0 aromatic heterocycles. The maximum atomic E-state index is 10.2. The highest BCUT2D eigenvalue weighted by Crippen LogP contribution is 2.24. The van der Waals surface area contributed by atoms with E-state index in [-0.39, 0.29) is 15.6 Å². The summed E-state index contributed by atoms with van der Waals surface area (Å²) in [6, 6.07) is 36.0. The van der Waals surface area contributed by atoms with Gasteiger partial charge in [-0.2, -0.15) is 0 Å². The molecule has 0 aliphatic heterocycles. The monoisotopic (exact) mass is 507 g/mol. The van der Waals surface area contributed by atoms with Gasteiger partial charge in [-0.3, -0.25) is 0 Å². The average molecular weight is 508 g/mol. The van der Waals surface area contributed by atoms with Crippen molar-refractivity contribution in [3.8, 4) is 11.5 Å². The Kier molecular flexibility index (Phi) is 13.3. The van der Waals surface area contributed by atoms with Crippen molar-refractivity contribution in [3.63, 3.8) is 0 Å². The fourth-order valence-corrected chi connectivity index (χ4v) is 3.18. The molecule has 0 bridgehead atoms. The number of hydrogen-bond donors (Lipinski definition) is 4. The molecule has 4 aromatic rings. The third-order valence-corrected chi connectivity index (χ3v) is 5.22. The van der Waals surface area contributed by atoms with Gasteiger partial charge < -0.3 is 30.1 Å². The van der Waals surface area contributed by atoms with E-state index in [4.69, 9.17) is 25.0 Å². The molecule has 4 rings (SSSR count). The Morgan fingerprint density at radius 2 is 1.11 bits per heavy atom. The number of hydrogen-bond acceptors (Lipinski definition) is 6. The van der Waals surface area contributed by atoms with Crippen LogP contribution in [0.25, 0.3) is 0 Å². The van der Waals surface area contributed by atoms with E-state index in [1.54, 1.807) is 42.5 Å². The first kappa shape index (κ1) is 28.5. The first-order valence-electron chi connectivity index (χ1n) is 11.1. The lowest BCUT2D eigenvalue weighted by Gasteiger charge is -2.16. The molecule has 0 aliphatic rings. The minimum Gasteiger partial charge on any atom is -0.478 e. The molecule has 188 valence electrons. The summed E-state index contributed by atoms with van der Waals surface area (Å²) in [7, 11) is -0.0129. The molecule has 2 unspecified atom stereocenters. The summed E-state index contributed by atoms with van der Waals surface area (Å²) in [5.41, 5.74) is 6.51. The van der Waals surface area contributed by atoms with Crippen LogP contribution in [0.2, 0.25) is 0 Å². The van der Waals surface area contributed by atoms with Crippen LogP contribution in [0.1, 0.15) is 22.0 Å². The minimum absolute atomic E-state index is 0.0129. The summed E-state index contributed by atoms with van der Waals surface area (Å²) in [5, 5.41) is 26.6. The van der Waals surface area contributed by atoms with Gasteiger partial charge >= 0.3 is 5.97 Å². The summed E-state index contributed by atoms with van der Waals surface area (Å²) in [6.45, 7) is -0.212. The number of nitrogens with two attached hydrogens (primary N) is 1. The van der Waals surface area contributed by atoms with Crippen molar-refractivity contribution in [1.29, 1.82) is 0 Å². The Bertz CT molecular complexity index is 1060. The fraction of sp³-hybridized carbons (Fsp3) is 0.107. The Hall–Kier alpha value is -3.74. The molecule has 0 amide bonds. The number of para-hydroxylation sites is 2. The summed E-state index contributed by atoms with van der Waals surface area (Å²) < 4.78 is 10.8. The molecule has 0 heterocycles. The lowest BCUT2D eigenvalue weighted by Crippen LogP contribution is -2.31. The summed E-state index contributed by atoms with van der Waals surface area (Å²) in [4.78, 5) is 10.2.